The minimum atomic E-state index is 0.526. The van der Waals surface area contributed by atoms with Crippen molar-refractivity contribution in [1.82, 2.24) is 10.2 Å². The van der Waals surface area contributed by atoms with Crippen molar-refractivity contribution in [2.45, 2.75) is 53.0 Å². The highest BCUT2D eigenvalue weighted by Crippen LogP contribution is 2.25. The minimum Gasteiger partial charge on any atom is -0.317 e. The van der Waals surface area contributed by atoms with Crippen LogP contribution in [-0.2, 0) is 0 Å². The molecule has 0 amide bonds. The summed E-state index contributed by atoms with van der Waals surface area (Å²) in [4.78, 5) is 2.70. The summed E-state index contributed by atoms with van der Waals surface area (Å²) in [6, 6.07) is 7.53. The summed E-state index contributed by atoms with van der Waals surface area (Å²) in [5, 5.41) is 3.48. The molecule has 1 unspecified atom stereocenters. The maximum Gasteiger partial charge on any atom is 0.0320 e. The molecule has 1 heterocycles. The predicted octanol–water partition coefficient (Wildman–Crippen LogP) is 4.08. The van der Waals surface area contributed by atoms with Crippen LogP contribution in [0.3, 0.4) is 0 Å². The van der Waals surface area contributed by atoms with Crippen LogP contribution in [0.5, 0.6) is 0 Å². The van der Waals surface area contributed by atoms with E-state index < -0.39 is 0 Å². The molecule has 1 atom stereocenters. The standard InChI is InChI=1S/C19H32N2/c1-5-10-21(14-18-6-8-20-9-7-18)17(4)19-12-15(2)11-16(3)13-19/h11-13,17-18,20H,5-10,14H2,1-4H3. The van der Waals surface area contributed by atoms with E-state index in [1.165, 1.54) is 62.1 Å². The van der Waals surface area contributed by atoms with Crippen molar-refractivity contribution in [3.8, 4) is 0 Å². The van der Waals surface area contributed by atoms with Crippen LogP contribution in [0.1, 0.15) is 55.8 Å². The molecule has 0 spiro atoms. The third-order valence-corrected chi connectivity index (χ3v) is 4.74. The van der Waals surface area contributed by atoms with Crippen LogP contribution >= 0.6 is 0 Å². The zero-order valence-electron chi connectivity index (χ0n) is 14.3. The van der Waals surface area contributed by atoms with Gasteiger partial charge in [-0.3, -0.25) is 4.90 Å². The SMILES string of the molecule is CCCN(CC1CCNCC1)C(C)c1cc(C)cc(C)c1. The number of nitrogens with zero attached hydrogens (tertiary/aromatic N) is 1. The molecular formula is C19H32N2. The zero-order valence-corrected chi connectivity index (χ0v) is 14.3. The summed E-state index contributed by atoms with van der Waals surface area (Å²) in [5.74, 6) is 0.867. The van der Waals surface area contributed by atoms with Gasteiger partial charge >= 0.3 is 0 Å². The maximum atomic E-state index is 3.48. The molecule has 2 nitrogen and oxygen atoms in total. The van der Waals surface area contributed by atoms with E-state index in [0.717, 1.165) is 5.92 Å². The van der Waals surface area contributed by atoms with Crippen molar-refractivity contribution in [2.75, 3.05) is 26.2 Å². The van der Waals surface area contributed by atoms with Gasteiger partial charge in [-0.25, -0.2) is 0 Å². The Kier molecular flexibility index (Phi) is 6.25. The normalized spacial score (nSPS) is 18.1. The lowest BCUT2D eigenvalue weighted by Crippen LogP contribution is -2.37. The molecule has 1 aliphatic rings. The van der Waals surface area contributed by atoms with E-state index in [0.29, 0.717) is 6.04 Å². The summed E-state index contributed by atoms with van der Waals surface area (Å²) < 4.78 is 0. The molecule has 1 aliphatic heterocycles. The van der Waals surface area contributed by atoms with Crippen LogP contribution in [0.2, 0.25) is 0 Å². The molecule has 1 saturated heterocycles. The first-order valence-electron chi connectivity index (χ1n) is 8.63. The minimum absolute atomic E-state index is 0.526. The molecular weight excluding hydrogens is 256 g/mol. The lowest BCUT2D eigenvalue weighted by atomic mass is 9.95. The molecule has 118 valence electrons. The van der Waals surface area contributed by atoms with Gasteiger partial charge in [0.1, 0.15) is 0 Å². The van der Waals surface area contributed by atoms with Crippen molar-refractivity contribution >= 4 is 0 Å². The fourth-order valence-electron chi connectivity index (χ4n) is 3.59. The first-order chi connectivity index (χ1) is 10.1. The molecule has 0 aliphatic carbocycles. The predicted molar refractivity (Wildman–Crippen MR) is 91.8 cm³/mol. The number of aryl methyl sites for hydroxylation is 2. The number of hydrogen-bond acceptors (Lipinski definition) is 2. The molecule has 0 bridgehead atoms. The second-order valence-electron chi connectivity index (χ2n) is 6.79. The van der Waals surface area contributed by atoms with E-state index in [2.05, 4.69) is 56.1 Å². The van der Waals surface area contributed by atoms with Crippen molar-refractivity contribution in [3.63, 3.8) is 0 Å². The number of benzene rings is 1. The highest BCUT2D eigenvalue weighted by atomic mass is 15.2. The van der Waals surface area contributed by atoms with Crippen LogP contribution in [0.25, 0.3) is 0 Å². The Hall–Kier alpha value is -0.860. The van der Waals surface area contributed by atoms with Crippen molar-refractivity contribution in [2.24, 2.45) is 5.92 Å². The molecule has 1 N–H and O–H groups in total. The molecule has 2 rings (SSSR count). The fraction of sp³-hybridized carbons (Fsp3) is 0.684. The van der Waals surface area contributed by atoms with Gasteiger partial charge in [0.05, 0.1) is 0 Å². The molecule has 2 heteroatoms. The Labute approximate surface area is 130 Å². The highest BCUT2D eigenvalue weighted by Gasteiger charge is 2.21. The monoisotopic (exact) mass is 288 g/mol. The third-order valence-electron chi connectivity index (χ3n) is 4.74. The molecule has 0 radical (unpaired) electrons. The van der Waals surface area contributed by atoms with Crippen molar-refractivity contribution < 1.29 is 0 Å². The number of piperidine rings is 1. The summed E-state index contributed by atoms with van der Waals surface area (Å²) in [7, 11) is 0. The largest absolute Gasteiger partial charge is 0.317 e. The van der Waals surface area contributed by atoms with Crippen molar-refractivity contribution in [3.05, 3.63) is 34.9 Å². The lowest BCUT2D eigenvalue weighted by Gasteiger charge is -2.34. The van der Waals surface area contributed by atoms with E-state index >= 15 is 0 Å². The first-order valence-corrected chi connectivity index (χ1v) is 8.63. The van der Waals surface area contributed by atoms with Gasteiger partial charge in [-0.05, 0) is 71.1 Å². The average molecular weight is 288 g/mol. The van der Waals surface area contributed by atoms with Gasteiger partial charge in [0, 0.05) is 12.6 Å². The van der Waals surface area contributed by atoms with Crippen LogP contribution in [-0.4, -0.2) is 31.1 Å². The van der Waals surface area contributed by atoms with E-state index in [9.17, 15) is 0 Å². The first kappa shape index (κ1) is 16.5. The Morgan fingerprint density at radius 2 is 1.76 bits per heavy atom. The van der Waals surface area contributed by atoms with Gasteiger partial charge < -0.3 is 5.32 Å². The zero-order chi connectivity index (χ0) is 15.2. The van der Waals surface area contributed by atoms with Crippen molar-refractivity contribution in [1.29, 1.82) is 0 Å². The number of hydrogen-bond donors (Lipinski definition) is 1. The Morgan fingerprint density at radius 1 is 1.14 bits per heavy atom. The van der Waals surface area contributed by atoms with E-state index in [4.69, 9.17) is 0 Å². The van der Waals surface area contributed by atoms with Crippen LogP contribution in [0.4, 0.5) is 0 Å². The summed E-state index contributed by atoms with van der Waals surface area (Å²) >= 11 is 0. The fourth-order valence-corrected chi connectivity index (χ4v) is 3.59. The van der Waals surface area contributed by atoms with Gasteiger partial charge in [-0.15, -0.1) is 0 Å². The molecule has 0 aromatic heterocycles. The Morgan fingerprint density at radius 3 is 2.33 bits per heavy atom. The number of nitrogens with one attached hydrogen (secondary N) is 1. The summed E-state index contributed by atoms with van der Waals surface area (Å²) in [6.07, 6.45) is 3.90. The lowest BCUT2D eigenvalue weighted by molar-refractivity contribution is 0.161. The van der Waals surface area contributed by atoms with E-state index in [-0.39, 0.29) is 0 Å². The quantitative estimate of drug-likeness (QED) is 0.848. The second-order valence-corrected chi connectivity index (χ2v) is 6.79. The number of rotatable bonds is 6. The highest BCUT2D eigenvalue weighted by molar-refractivity contribution is 5.30. The molecule has 0 saturated carbocycles. The van der Waals surface area contributed by atoms with Gasteiger partial charge in [-0.1, -0.05) is 36.2 Å². The van der Waals surface area contributed by atoms with E-state index in [1.54, 1.807) is 0 Å². The Bertz CT molecular complexity index is 415. The molecule has 1 fully saturated rings. The topological polar surface area (TPSA) is 15.3 Å². The third kappa shape index (κ3) is 4.82. The van der Waals surface area contributed by atoms with Crippen LogP contribution in [0.15, 0.2) is 18.2 Å². The van der Waals surface area contributed by atoms with E-state index in [1.807, 2.05) is 0 Å². The molecule has 21 heavy (non-hydrogen) atoms. The average Bonchev–Trinajstić information content (AvgIpc) is 2.46. The second kappa shape index (κ2) is 7.95. The van der Waals surface area contributed by atoms with Crippen LogP contribution < -0.4 is 5.32 Å². The maximum absolute atomic E-state index is 3.48. The smallest absolute Gasteiger partial charge is 0.0320 e. The van der Waals surface area contributed by atoms with Gasteiger partial charge in [0.2, 0.25) is 0 Å². The summed E-state index contributed by atoms with van der Waals surface area (Å²) in [6.45, 7) is 13.9. The van der Waals surface area contributed by atoms with Gasteiger partial charge in [0.25, 0.3) is 0 Å². The molecule has 1 aromatic rings. The van der Waals surface area contributed by atoms with Crippen LogP contribution in [0, 0.1) is 19.8 Å². The van der Waals surface area contributed by atoms with Gasteiger partial charge in [0.15, 0.2) is 0 Å². The summed E-state index contributed by atoms with van der Waals surface area (Å²) in [5.41, 5.74) is 4.25. The van der Waals surface area contributed by atoms with Gasteiger partial charge in [-0.2, -0.15) is 0 Å². The molecule has 1 aromatic carbocycles. The Balaban J connectivity index is 2.08.